The monoisotopic (exact) mass is 372 g/mol. The highest BCUT2D eigenvalue weighted by Crippen LogP contribution is 2.39. The van der Waals surface area contributed by atoms with E-state index in [-0.39, 0.29) is 17.1 Å². The van der Waals surface area contributed by atoms with E-state index in [1.54, 1.807) is 13.8 Å². The average Bonchev–Trinajstić information content (AvgIpc) is 2.42. The topological polar surface area (TPSA) is 59.9 Å². The van der Waals surface area contributed by atoms with Crippen LogP contribution in [-0.4, -0.2) is 23.9 Å². The second-order valence-electron chi connectivity index (χ2n) is 5.23. The van der Waals surface area contributed by atoms with Crippen molar-refractivity contribution in [3.8, 4) is 0 Å². The molecule has 0 saturated heterocycles. The van der Waals surface area contributed by atoms with E-state index in [1.165, 1.54) is 0 Å². The Morgan fingerprint density at radius 3 is 2.04 bits per heavy atom. The maximum Gasteiger partial charge on any atom is 0.501 e. The third-order valence-corrected chi connectivity index (χ3v) is 4.70. The third-order valence-electron chi connectivity index (χ3n) is 3.20. The summed E-state index contributed by atoms with van der Waals surface area (Å²) in [5, 5.41) is -0.384. The minimum absolute atomic E-state index is 0.0183. The van der Waals surface area contributed by atoms with Gasteiger partial charge in [0.15, 0.2) is 0 Å². The summed E-state index contributed by atoms with van der Waals surface area (Å²) in [4.78, 5) is 5.69. The summed E-state index contributed by atoms with van der Waals surface area (Å²) in [6.45, 7) is 3.11. The number of hydrogen-bond donors (Lipinski definition) is 0. The fourth-order valence-corrected chi connectivity index (χ4v) is 3.06. The van der Waals surface area contributed by atoms with Gasteiger partial charge in [0.1, 0.15) is 11.2 Å². The predicted molar refractivity (Wildman–Crippen MR) is 71.9 cm³/mol. The van der Waals surface area contributed by atoms with Gasteiger partial charge in [-0.15, -0.1) is 0 Å². The number of halogens is 6. The van der Waals surface area contributed by atoms with Crippen LogP contribution in [0.15, 0.2) is 23.4 Å². The highest BCUT2D eigenvalue weighted by atomic mass is 32.2. The van der Waals surface area contributed by atoms with Gasteiger partial charge in [0.2, 0.25) is 0 Å². The Labute approximate surface area is 132 Å². The summed E-state index contributed by atoms with van der Waals surface area (Å²) in [7, 11) is -6.02. The maximum atomic E-state index is 13.0. The first-order chi connectivity index (χ1) is 10.8. The van der Waals surface area contributed by atoms with Crippen molar-refractivity contribution in [2.24, 2.45) is 0 Å². The van der Waals surface area contributed by atoms with Gasteiger partial charge in [-0.25, -0.2) is 18.4 Å². The van der Waals surface area contributed by atoms with E-state index in [9.17, 15) is 34.8 Å². The molecular formula is C13H10F6N2O2S. The summed E-state index contributed by atoms with van der Waals surface area (Å²) in [5.74, 6) is -0.458. The van der Waals surface area contributed by atoms with Crippen molar-refractivity contribution < 1.29 is 34.8 Å². The van der Waals surface area contributed by atoms with Crippen molar-refractivity contribution >= 4 is 20.7 Å². The Bertz CT molecular complexity index is 888. The second kappa shape index (κ2) is 5.57. The molecule has 1 aromatic carbocycles. The van der Waals surface area contributed by atoms with Crippen LogP contribution in [0.4, 0.5) is 26.3 Å². The number of fused-ring (bicyclic) bond motifs is 1. The van der Waals surface area contributed by atoms with Crippen LogP contribution in [-0.2, 0) is 16.0 Å². The fraction of sp³-hybridized carbons (Fsp3) is 0.385. The van der Waals surface area contributed by atoms with Gasteiger partial charge in [0.25, 0.3) is 9.84 Å². The van der Waals surface area contributed by atoms with Crippen LogP contribution in [0.1, 0.15) is 31.0 Å². The zero-order valence-electron chi connectivity index (χ0n) is 12.2. The largest absolute Gasteiger partial charge is 0.501 e. The van der Waals surface area contributed by atoms with Gasteiger partial charge >= 0.3 is 11.7 Å². The lowest BCUT2D eigenvalue weighted by molar-refractivity contribution is -0.137. The zero-order valence-corrected chi connectivity index (χ0v) is 13.0. The van der Waals surface area contributed by atoms with E-state index in [0.717, 1.165) is 6.33 Å². The van der Waals surface area contributed by atoms with Crippen LogP contribution in [0, 0.1) is 0 Å². The van der Waals surface area contributed by atoms with Crippen LogP contribution in [0.25, 0.3) is 10.9 Å². The highest BCUT2D eigenvalue weighted by molar-refractivity contribution is 7.92. The number of hydrogen-bond acceptors (Lipinski definition) is 4. The predicted octanol–water partition coefficient (Wildman–Crippen LogP) is 4.07. The SMILES string of the molecule is CC(C)c1ncnc2c(S(=O)(=O)C(F)(F)F)cc(C(F)(F)F)cc12. The summed E-state index contributed by atoms with van der Waals surface area (Å²) in [6.07, 6.45) is -4.21. The molecule has 0 unspecified atom stereocenters. The van der Waals surface area contributed by atoms with Crippen LogP contribution in [0.2, 0.25) is 0 Å². The molecule has 0 aliphatic carbocycles. The quantitative estimate of drug-likeness (QED) is 0.746. The molecule has 0 fully saturated rings. The Kier molecular flexibility index (Phi) is 4.28. The molecule has 0 radical (unpaired) electrons. The molecule has 0 saturated carbocycles. The van der Waals surface area contributed by atoms with Crippen molar-refractivity contribution in [3.63, 3.8) is 0 Å². The van der Waals surface area contributed by atoms with Gasteiger partial charge in [-0.2, -0.15) is 26.3 Å². The van der Waals surface area contributed by atoms with Crippen LogP contribution in [0.3, 0.4) is 0 Å². The number of alkyl halides is 6. The first-order valence-electron chi connectivity index (χ1n) is 6.44. The molecule has 0 aliphatic heterocycles. The third kappa shape index (κ3) is 3.04. The number of aromatic nitrogens is 2. The Morgan fingerprint density at radius 2 is 1.58 bits per heavy atom. The minimum Gasteiger partial charge on any atom is -0.240 e. The lowest BCUT2D eigenvalue weighted by Crippen LogP contribution is -2.24. The van der Waals surface area contributed by atoms with Crippen LogP contribution >= 0.6 is 0 Å². The first-order valence-corrected chi connectivity index (χ1v) is 7.92. The molecular weight excluding hydrogens is 362 g/mol. The van der Waals surface area contributed by atoms with Gasteiger partial charge in [-0.3, -0.25) is 0 Å². The average molecular weight is 372 g/mol. The van der Waals surface area contributed by atoms with Gasteiger partial charge in [0.05, 0.1) is 16.8 Å². The smallest absolute Gasteiger partial charge is 0.240 e. The minimum atomic E-state index is -6.02. The number of rotatable bonds is 2. The molecule has 0 N–H and O–H groups in total. The van der Waals surface area contributed by atoms with E-state index >= 15 is 0 Å². The second-order valence-corrected chi connectivity index (χ2v) is 7.14. The molecule has 0 amide bonds. The summed E-state index contributed by atoms with van der Waals surface area (Å²) in [5.41, 5.74) is -7.95. The molecule has 1 aromatic heterocycles. The van der Waals surface area contributed by atoms with E-state index in [2.05, 4.69) is 9.97 Å². The molecule has 4 nitrogen and oxygen atoms in total. The molecule has 0 bridgehead atoms. The first kappa shape index (κ1) is 18.4. The number of sulfone groups is 1. The van der Waals surface area contributed by atoms with Gasteiger partial charge in [0, 0.05) is 5.39 Å². The fourth-order valence-electron chi connectivity index (χ4n) is 2.11. The molecule has 24 heavy (non-hydrogen) atoms. The van der Waals surface area contributed by atoms with Crippen molar-refractivity contribution in [2.75, 3.05) is 0 Å². The molecule has 0 spiro atoms. The lowest BCUT2D eigenvalue weighted by Gasteiger charge is -2.16. The van der Waals surface area contributed by atoms with Crippen LogP contribution < -0.4 is 0 Å². The van der Waals surface area contributed by atoms with E-state index in [4.69, 9.17) is 0 Å². The number of nitrogens with zero attached hydrogens (tertiary/aromatic N) is 2. The van der Waals surface area contributed by atoms with Gasteiger partial charge in [-0.1, -0.05) is 13.8 Å². The van der Waals surface area contributed by atoms with Crippen molar-refractivity contribution in [1.82, 2.24) is 9.97 Å². The van der Waals surface area contributed by atoms with E-state index in [0.29, 0.717) is 6.07 Å². The maximum absolute atomic E-state index is 13.0. The molecule has 0 atom stereocenters. The molecule has 1 heterocycles. The molecule has 2 aromatic rings. The van der Waals surface area contributed by atoms with Crippen LogP contribution in [0.5, 0.6) is 0 Å². The lowest BCUT2D eigenvalue weighted by atomic mass is 10.0. The summed E-state index contributed by atoms with van der Waals surface area (Å²) in [6, 6.07) is 0.502. The van der Waals surface area contributed by atoms with Crippen molar-refractivity contribution in [3.05, 3.63) is 29.7 Å². The summed E-state index contributed by atoms with van der Waals surface area (Å²) >= 11 is 0. The highest BCUT2D eigenvalue weighted by Gasteiger charge is 2.49. The zero-order chi connectivity index (χ0) is 18.5. The number of benzene rings is 1. The van der Waals surface area contributed by atoms with Gasteiger partial charge < -0.3 is 0 Å². The molecule has 2 rings (SSSR count). The molecule has 11 heteroatoms. The Hall–Kier alpha value is -1.91. The van der Waals surface area contributed by atoms with Crippen molar-refractivity contribution in [1.29, 1.82) is 0 Å². The molecule has 132 valence electrons. The van der Waals surface area contributed by atoms with E-state index < -0.39 is 43.4 Å². The normalized spacial score (nSPS) is 13.7. The van der Waals surface area contributed by atoms with Crippen molar-refractivity contribution in [2.45, 2.75) is 36.3 Å². The molecule has 0 aliphatic rings. The standard InChI is InChI=1S/C13H10F6N2O2S/c1-6(2)10-8-3-7(12(14,15)16)4-9(11(8)21-5-20-10)24(22,23)13(17,18)19/h3-6H,1-2H3. The van der Waals surface area contributed by atoms with E-state index in [1.807, 2.05) is 0 Å². The Balaban J connectivity index is 3.02. The van der Waals surface area contributed by atoms with Gasteiger partial charge in [-0.05, 0) is 18.1 Å². The summed E-state index contributed by atoms with van der Waals surface area (Å²) < 4.78 is 101. The Morgan fingerprint density at radius 1 is 1.00 bits per heavy atom.